The summed E-state index contributed by atoms with van der Waals surface area (Å²) in [4.78, 5) is 31.5. The van der Waals surface area contributed by atoms with Gasteiger partial charge in [-0.15, -0.1) is 11.8 Å². The van der Waals surface area contributed by atoms with Crippen LogP contribution in [0.1, 0.15) is 21.3 Å². The summed E-state index contributed by atoms with van der Waals surface area (Å²) in [5.41, 5.74) is 1.32. The molecule has 1 fully saturated rings. The molecule has 0 radical (unpaired) electrons. The lowest BCUT2D eigenvalue weighted by Gasteiger charge is -2.22. The van der Waals surface area contributed by atoms with E-state index in [0.29, 0.717) is 28.6 Å². The van der Waals surface area contributed by atoms with E-state index in [0.717, 1.165) is 5.56 Å². The second-order valence-electron chi connectivity index (χ2n) is 5.88. The van der Waals surface area contributed by atoms with Gasteiger partial charge in [0, 0.05) is 17.5 Å². The molecule has 2 atom stereocenters. The lowest BCUT2D eigenvalue weighted by molar-refractivity contribution is -0.119. The van der Waals surface area contributed by atoms with Gasteiger partial charge in [0.15, 0.2) is 11.5 Å². The summed E-state index contributed by atoms with van der Waals surface area (Å²) in [7, 11) is 3.04. The average Bonchev–Trinajstić information content (AvgIpc) is 3.22. The Morgan fingerprint density at radius 2 is 2.12 bits per heavy atom. The van der Waals surface area contributed by atoms with Crippen molar-refractivity contribution in [2.24, 2.45) is 0 Å². The monoisotopic (exact) mass is 371 g/mol. The minimum absolute atomic E-state index is 0.197. The molecule has 3 heterocycles. The van der Waals surface area contributed by atoms with Crippen LogP contribution in [0, 0.1) is 0 Å². The predicted molar refractivity (Wildman–Crippen MR) is 97.6 cm³/mol. The molecule has 0 unspecified atom stereocenters. The molecule has 0 bridgehead atoms. The number of fused-ring (bicyclic) bond motifs is 3. The molecule has 2 aliphatic rings. The summed E-state index contributed by atoms with van der Waals surface area (Å²) in [6.07, 6.45) is 1.61. The number of methoxy groups -OCH3 is 2. The van der Waals surface area contributed by atoms with E-state index >= 15 is 0 Å². The van der Waals surface area contributed by atoms with Gasteiger partial charge in [0.25, 0.3) is 5.91 Å². The second kappa shape index (κ2) is 6.53. The molecule has 1 N–H and O–H groups in total. The first-order valence-electron chi connectivity index (χ1n) is 8.06. The number of amides is 2. The van der Waals surface area contributed by atoms with Crippen LogP contribution < -0.4 is 14.8 Å². The Balaban J connectivity index is 1.64. The molecule has 0 saturated carbocycles. The molecular formula is C18H17N3O4S. The van der Waals surface area contributed by atoms with Crippen molar-refractivity contribution < 1.29 is 19.1 Å². The fourth-order valence-electron chi connectivity index (χ4n) is 3.34. The normalized spacial score (nSPS) is 20.5. The largest absolute Gasteiger partial charge is 0.493 e. The summed E-state index contributed by atoms with van der Waals surface area (Å²) >= 11 is 1.57. The van der Waals surface area contributed by atoms with Crippen LogP contribution in [0.25, 0.3) is 0 Å². The van der Waals surface area contributed by atoms with Crippen LogP contribution in [0.15, 0.2) is 36.5 Å². The highest BCUT2D eigenvalue weighted by atomic mass is 32.2. The van der Waals surface area contributed by atoms with E-state index in [2.05, 4.69) is 10.3 Å². The topological polar surface area (TPSA) is 80.8 Å². The number of hydrogen-bond acceptors (Lipinski definition) is 6. The third-order valence-corrected chi connectivity index (χ3v) is 5.82. The highest BCUT2D eigenvalue weighted by Gasteiger charge is 2.50. The molecule has 2 aliphatic heterocycles. The van der Waals surface area contributed by atoms with Gasteiger partial charge in [-0.1, -0.05) is 12.1 Å². The Labute approximate surface area is 154 Å². The lowest BCUT2D eigenvalue weighted by Crippen LogP contribution is -2.43. The fraction of sp³-hybridized carbons (Fsp3) is 0.278. The van der Waals surface area contributed by atoms with E-state index in [-0.39, 0.29) is 17.2 Å². The van der Waals surface area contributed by atoms with Gasteiger partial charge in [-0.25, -0.2) is 4.98 Å². The highest BCUT2D eigenvalue weighted by molar-refractivity contribution is 7.99. The van der Waals surface area contributed by atoms with Crippen LogP contribution in [0.4, 0.5) is 5.82 Å². The average molecular weight is 371 g/mol. The van der Waals surface area contributed by atoms with Crippen molar-refractivity contribution in [3.05, 3.63) is 47.7 Å². The van der Waals surface area contributed by atoms with Gasteiger partial charge in [0.05, 0.1) is 19.8 Å². The third-order valence-electron chi connectivity index (χ3n) is 4.51. The maximum Gasteiger partial charge on any atom is 0.260 e. The van der Waals surface area contributed by atoms with Crippen molar-refractivity contribution >= 4 is 29.4 Å². The SMILES string of the molecule is COc1ccc2c(c1OC)C(=O)N1[C@@H](C(=O)Nc3ccccn3)CS[C@@H]21. The zero-order valence-corrected chi connectivity index (χ0v) is 15.1. The number of pyridine rings is 1. The number of nitrogens with one attached hydrogen (secondary N) is 1. The Hall–Kier alpha value is -2.74. The van der Waals surface area contributed by atoms with Crippen molar-refractivity contribution in [2.45, 2.75) is 11.4 Å². The van der Waals surface area contributed by atoms with Gasteiger partial charge in [-0.3, -0.25) is 9.59 Å². The Kier molecular flexibility index (Phi) is 4.20. The van der Waals surface area contributed by atoms with Gasteiger partial charge >= 0.3 is 0 Å². The van der Waals surface area contributed by atoms with Gasteiger partial charge < -0.3 is 19.7 Å². The number of carbonyl (C=O) groups is 2. The molecule has 4 rings (SSSR count). The first-order valence-corrected chi connectivity index (χ1v) is 9.11. The molecule has 1 aromatic heterocycles. The fourth-order valence-corrected chi connectivity index (χ4v) is 4.80. The van der Waals surface area contributed by atoms with Crippen LogP contribution >= 0.6 is 11.8 Å². The summed E-state index contributed by atoms with van der Waals surface area (Å²) in [6, 6.07) is 8.37. The van der Waals surface area contributed by atoms with E-state index in [1.54, 1.807) is 47.1 Å². The number of ether oxygens (including phenoxy) is 2. The number of hydrogen-bond donors (Lipinski definition) is 1. The number of nitrogens with zero attached hydrogens (tertiary/aromatic N) is 2. The highest BCUT2D eigenvalue weighted by Crippen LogP contribution is 2.52. The van der Waals surface area contributed by atoms with Crippen LogP contribution in [-0.4, -0.2) is 47.7 Å². The van der Waals surface area contributed by atoms with Gasteiger partial charge in [0.2, 0.25) is 5.91 Å². The maximum absolute atomic E-state index is 13.1. The summed E-state index contributed by atoms with van der Waals surface area (Å²) in [5.74, 6) is 1.45. The van der Waals surface area contributed by atoms with E-state index in [1.807, 2.05) is 6.07 Å². The van der Waals surface area contributed by atoms with Crippen molar-refractivity contribution in [3.8, 4) is 11.5 Å². The van der Waals surface area contributed by atoms with Crippen LogP contribution in [-0.2, 0) is 4.79 Å². The number of benzene rings is 1. The molecule has 8 heteroatoms. The van der Waals surface area contributed by atoms with E-state index < -0.39 is 6.04 Å². The molecule has 134 valence electrons. The van der Waals surface area contributed by atoms with Crippen molar-refractivity contribution in [1.29, 1.82) is 0 Å². The minimum atomic E-state index is -0.567. The number of carbonyl (C=O) groups excluding carboxylic acids is 2. The predicted octanol–water partition coefficient (Wildman–Crippen LogP) is 2.31. The van der Waals surface area contributed by atoms with Crippen LogP contribution in [0.2, 0.25) is 0 Å². The van der Waals surface area contributed by atoms with E-state index in [4.69, 9.17) is 9.47 Å². The maximum atomic E-state index is 13.1. The molecule has 2 amide bonds. The first kappa shape index (κ1) is 16.7. The van der Waals surface area contributed by atoms with E-state index in [1.165, 1.54) is 14.2 Å². The molecule has 0 spiro atoms. The Morgan fingerprint density at radius 3 is 2.81 bits per heavy atom. The van der Waals surface area contributed by atoms with Crippen molar-refractivity contribution in [1.82, 2.24) is 9.88 Å². The number of thioether (sulfide) groups is 1. The lowest BCUT2D eigenvalue weighted by atomic mass is 10.1. The molecule has 2 aromatic rings. The zero-order valence-electron chi connectivity index (χ0n) is 14.3. The summed E-state index contributed by atoms with van der Waals surface area (Å²) in [6.45, 7) is 0. The zero-order chi connectivity index (χ0) is 18.3. The number of anilines is 1. The molecule has 26 heavy (non-hydrogen) atoms. The standard InChI is InChI=1S/C18H17N3O4S/c1-24-12-7-6-10-14(15(12)25-2)17(23)21-11(9-26-18(10)21)16(22)20-13-5-3-4-8-19-13/h3-8,11,18H,9H2,1-2H3,(H,19,20,22)/t11-,18+/m1/s1. The van der Waals surface area contributed by atoms with E-state index in [9.17, 15) is 9.59 Å². The molecule has 0 aliphatic carbocycles. The molecule has 1 saturated heterocycles. The molecule has 7 nitrogen and oxygen atoms in total. The van der Waals surface area contributed by atoms with Crippen LogP contribution in [0.5, 0.6) is 11.5 Å². The van der Waals surface area contributed by atoms with Gasteiger partial charge in [0.1, 0.15) is 17.2 Å². The smallest absolute Gasteiger partial charge is 0.260 e. The third kappa shape index (κ3) is 2.48. The quantitative estimate of drug-likeness (QED) is 0.888. The number of aromatic nitrogens is 1. The van der Waals surface area contributed by atoms with Crippen LogP contribution in [0.3, 0.4) is 0 Å². The summed E-state index contributed by atoms with van der Waals surface area (Å²) < 4.78 is 10.7. The van der Waals surface area contributed by atoms with Crippen molar-refractivity contribution in [3.63, 3.8) is 0 Å². The summed E-state index contributed by atoms with van der Waals surface area (Å²) in [5, 5.41) is 2.58. The Bertz CT molecular complexity index is 874. The first-order chi connectivity index (χ1) is 12.7. The van der Waals surface area contributed by atoms with Gasteiger partial charge in [-0.2, -0.15) is 0 Å². The minimum Gasteiger partial charge on any atom is -0.493 e. The molecule has 1 aromatic carbocycles. The second-order valence-corrected chi connectivity index (χ2v) is 7.00. The van der Waals surface area contributed by atoms with Crippen molar-refractivity contribution in [2.75, 3.05) is 25.3 Å². The van der Waals surface area contributed by atoms with Gasteiger partial charge in [-0.05, 0) is 18.2 Å². The Morgan fingerprint density at radius 1 is 1.27 bits per heavy atom. The molecular weight excluding hydrogens is 354 g/mol. The number of rotatable bonds is 4.